The third-order valence-corrected chi connectivity index (χ3v) is 4.04. The summed E-state index contributed by atoms with van der Waals surface area (Å²) in [4.78, 5) is 0. The standard InChI is InChI=1S/C14H21BrO3/c1-6-9-7-10(17-4)13(18-5)11(12(9)15)14(2,3)8-16/h7,16H,6,8H2,1-5H3. The Kier molecular flexibility index (Phi) is 5.05. The molecule has 4 heteroatoms. The number of rotatable bonds is 5. The van der Waals surface area contributed by atoms with E-state index in [1.165, 1.54) is 0 Å². The van der Waals surface area contributed by atoms with E-state index in [0.717, 1.165) is 22.0 Å². The molecular weight excluding hydrogens is 296 g/mol. The molecule has 0 unspecified atom stereocenters. The number of aliphatic hydroxyl groups is 1. The Hall–Kier alpha value is -0.740. The summed E-state index contributed by atoms with van der Waals surface area (Å²) in [5, 5.41) is 9.60. The van der Waals surface area contributed by atoms with Gasteiger partial charge in [0.05, 0.1) is 20.8 Å². The number of aliphatic hydroxyl groups excluding tert-OH is 1. The first-order valence-corrected chi connectivity index (χ1v) is 6.76. The zero-order chi connectivity index (χ0) is 13.9. The van der Waals surface area contributed by atoms with Crippen LogP contribution in [-0.4, -0.2) is 25.9 Å². The highest BCUT2D eigenvalue weighted by molar-refractivity contribution is 9.10. The van der Waals surface area contributed by atoms with Gasteiger partial charge in [0.15, 0.2) is 11.5 Å². The van der Waals surface area contributed by atoms with Crippen LogP contribution in [0.1, 0.15) is 31.9 Å². The molecule has 0 aliphatic carbocycles. The summed E-state index contributed by atoms with van der Waals surface area (Å²) >= 11 is 3.63. The molecule has 0 aliphatic rings. The van der Waals surface area contributed by atoms with Crippen molar-refractivity contribution in [2.24, 2.45) is 0 Å². The van der Waals surface area contributed by atoms with Gasteiger partial charge in [-0.2, -0.15) is 0 Å². The van der Waals surface area contributed by atoms with Gasteiger partial charge in [-0.05, 0) is 18.1 Å². The third-order valence-electron chi connectivity index (χ3n) is 3.13. The summed E-state index contributed by atoms with van der Waals surface area (Å²) in [6, 6.07) is 1.97. The normalized spacial score (nSPS) is 11.5. The number of halogens is 1. The van der Waals surface area contributed by atoms with E-state index >= 15 is 0 Å². The van der Waals surface area contributed by atoms with Crippen LogP contribution in [0.2, 0.25) is 0 Å². The van der Waals surface area contributed by atoms with Crippen molar-refractivity contribution in [2.75, 3.05) is 20.8 Å². The van der Waals surface area contributed by atoms with Crippen molar-refractivity contribution in [1.82, 2.24) is 0 Å². The number of hydrogen-bond acceptors (Lipinski definition) is 3. The predicted octanol–water partition coefficient (Wildman–Crippen LogP) is 3.30. The first-order chi connectivity index (χ1) is 8.42. The number of aryl methyl sites for hydroxylation is 1. The fraction of sp³-hybridized carbons (Fsp3) is 0.571. The van der Waals surface area contributed by atoms with Crippen molar-refractivity contribution in [3.63, 3.8) is 0 Å². The van der Waals surface area contributed by atoms with Crippen molar-refractivity contribution < 1.29 is 14.6 Å². The second kappa shape index (κ2) is 5.93. The molecule has 0 amide bonds. The Bertz CT molecular complexity index is 428. The molecule has 0 radical (unpaired) electrons. The van der Waals surface area contributed by atoms with Crippen LogP contribution in [-0.2, 0) is 11.8 Å². The van der Waals surface area contributed by atoms with Gasteiger partial charge in [-0.3, -0.25) is 0 Å². The number of benzene rings is 1. The smallest absolute Gasteiger partial charge is 0.165 e. The summed E-state index contributed by atoms with van der Waals surface area (Å²) in [5.74, 6) is 1.38. The van der Waals surface area contributed by atoms with Crippen LogP contribution in [0.15, 0.2) is 10.5 Å². The molecule has 0 atom stereocenters. The van der Waals surface area contributed by atoms with Gasteiger partial charge >= 0.3 is 0 Å². The molecule has 102 valence electrons. The zero-order valence-corrected chi connectivity index (χ0v) is 13.2. The summed E-state index contributed by atoms with van der Waals surface area (Å²) in [7, 11) is 3.24. The van der Waals surface area contributed by atoms with Gasteiger partial charge in [0, 0.05) is 15.5 Å². The van der Waals surface area contributed by atoms with E-state index in [-0.39, 0.29) is 6.61 Å². The maximum atomic E-state index is 9.60. The van der Waals surface area contributed by atoms with Gasteiger partial charge in [-0.1, -0.05) is 36.7 Å². The van der Waals surface area contributed by atoms with E-state index in [1.54, 1.807) is 14.2 Å². The van der Waals surface area contributed by atoms with Crippen molar-refractivity contribution >= 4 is 15.9 Å². The minimum atomic E-state index is -0.400. The van der Waals surface area contributed by atoms with Crippen LogP contribution in [0.5, 0.6) is 11.5 Å². The second-order valence-electron chi connectivity index (χ2n) is 4.86. The fourth-order valence-electron chi connectivity index (χ4n) is 1.97. The van der Waals surface area contributed by atoms with Crippen LogP contribution < -0.4 is 9.47 Å². The summed E-state index contributed by atoms with van der Waals surface area (Å²) in [5.41, 5.74) is 1.69. The lowest BCUT2D eigenvalue weighted by molar-refractivity contribution is 0.213. The summed E-state index contributed by atoms with van der Waals surface area (Å²) in [6.45, 7) is 6.09. The molecule has 0 saturated heterocycles. The molecule has 1 aromatic rings. The average Bonchev–Trinajstić information content (AvgIpc) is 2.37. The monoisotopic (exact) mass is 316 g/mol. The highest BCUT2D eigenvalue weighted by Crippen LogP contribution is 2.45. The molecule has 0 aromatic heterocycles. The molecule has 0 heterocycles. The largest absolute Gasteiger partial charge is 0.493 e. The first kappa shape index (κ1) is 15.3. The van der Waals surface area contributed by atoms with Gasteiger partial charge in [0.1, 0.15) is 0 Å². The number of hydrogen-bond donors (Lipinski definition) is 1. The van der Waals surface area contributed by atoms with Crippen LogP contribution in [0.25, 0.3) is 0 Å². The Morgan fingerprint density at radius 3 is 2.28 bits per heavy atom. The fourth-order valence-corrected chi connectivity index (χ4v) is 3.08. The first-order valence-electron chi connectivity index (χ1n) is 5.97. The predicted molar refractivity (Wildman–Crippen MR) is 76.7 cm³/mol. The minimum Gasteiger partial charge on any atom is -0.493 e. The molecule has 3 nitrogen and oxygen atoms in total. The lowest BCUT2D eigenvalue weighted by atomic mass is 9.83. The van der Waals surface area contributed by atoms with Crippen molar-refractivity contribution in [2.45, 2.75) is 32.6 Å². The Balaban J connectivity index is 3.63. The van der Waals surface area contributed by atoms with Crippen molar-refractivity contribution in [1.29, 1.82) is 0 Å². The molecule has 18 heavy (non-hydrogen) atoms. The topological polar surface area (TPSA) is 38.7 Å². The van der Waals surface area contributed by atoms with E-state index in [0.29, 0.717) is 11.5 Å². The van der Waals surface area contributed by atoms with Gasteiger partial charge in [0.25, 0.3) is 0 Å². The van der Waals surface area contributed by atoms with Crippen LogP contribution >= 0.6 is 15.9 Å². The quantitative estimate of drug-likeness (QED) is 0.905. The molecule has 0 spiro atoms. The zero-order valence-electron chi connectivity index (χ0n) is 11.6. The molecule has 1 rings (SSSR count). The summed E-state index contributed by atoms with van der Waals surface area (Å²) < 4.78 is 11.8. The van der Waals surface area contributed by atoms with Crippen molar-refractivity contribution in [3.05, 3.63) is 21.7 Å². The van der Waals surface area contributed by atoms with E-state index in [4.69, 9.17) is 9.47 Å². The SMILES string of the molecule is CCc1cc(OC)c(OC)c(C(C)(C)CO)c1Br. The van der Waals surface area contributed by atoms with Crippen molar-refractivity contribution in [3.8, 4) is 11.5 Å². The van der Waals surface area contributed by atoms with Crippen LogP contribution in [0, 0.1) is 0 Å². The average molecular weight is 317 g/mol. The molecule has 1 aromatic carbocycles. The maximum Gasteiger partial charge on any atom is 0.165 e. The van der Waals surface area contributed by atoms with Gasteiger partial charge in [0.2, 0.25) is 0 Å². The molecule has 0 fully saturated rings. The Labute approximate surface area is 117 Å². The number of ether oxygens (including phenoxy) is 2. The molecule has 0 bridgehead atoms. The Morgan fingerprint density at radius 1 is 1.28 bits per heavy atom. The van der Waals surface area contributed by atoms with Gasteiger partial charge in [-0.15, -0.1) is 0 Å². The third kappa shape index (κ3) is 2.64. The lowest BCUT2D eigenvalue weighted by Crippen LogP contribution is -2.24. The number of methoxy groups -OCH3 is 2. The van der Waals surface area contributed by atoms with E-state index in [1.807, 2.05) is 19.9 Å². The molecular formula is C14H21BrO3. The minimum absolute atomic E-state index is 0.0400. The lowest BCUT2D eigenvalue weighted by Gasteiger charge is -2.28. The summed E-state index contributed by atoms with van der Waals surface area (Å²) in [6.07, 6.45) is 0.884. The second-order valence-corrected chi connectivity index (χ2v) is 5.65. The highest BCUT2D eigenvalue weighted by atomic mass is 79.9. The maximum absolute atomic E-state index is 9.60. The van der Waals surface area contributed by atoms with Gasteiger partial charge in [-0.25, -0.2) is 0 Å². The molecule has 0 saturated carbocycles. The van der Waals surface area contributed by atoms with Crippen LogP contribution in [0.4, 0.5) is 0 Å². The molecule has 1 N–H and O–H groups in total. The van der Waals surface area contributed by atoms with E-state index < -0.39 is 5.41 Å². The van der Waals surface area contributed by atoms with E-state index in [9.17, 15) is 5.11 Å². The highest BCUT2D eigenvalue weighted by Gasteiger charge is 2.30. The van der Waals surface area contributed by atoms with Gasteiger partial charge < -0.3 is 14.6 Å². The molecule has 0 aliphatic heterocycles. The van der Waals surface area contributed by atoms with E-state index in [2.05, 4.69) is 22.9 Å². The van der Waals surface area contributed by atoms with Crippen LogP contribution in [0.3, 0.4) is 0 Å². The Morgan fingerprint density at radius 2 is 1.89 bits per heavy atom.